The first-order valence-electron chi connectivity index (χ1n) is 8.01. The summed E-state index contributed by atoms with van der Waals surface area (Å²) in [6.45, 7) is 6.24. The van der Waals surface area contributed by atoms with Gasteiger partial charge in [-0.25, -0.2) is 0 Å². The molecule has 5 heteroatoms. The first-order chi connectivity index (χ1) is 10.7. The maximum absolute atomic E-state index is 4.63. The molecule has 0 spiro atoms. The molecule has 0 amide bonds. The molecule has 1 N–H and O–H groups in total. The van der Waals surface area contributed by atoms with E-state index < -0.39 is 0 Å². The van der Waals surface area contributed by atoms with Crippen LogP contribution in [0.1, 0.15) is 36.8 Å². The summed E-state index contributed by atoms with van der Waals surface area (Å²) in [5, 5.41) is 11.7. The van der Waals surface area contributed by atoms with Crippen LogP contribution in [0.4, 0.5) is 17.5 Å². The van der Waals surface area contributed by atoms with Crippen molar-refractivity contribution < 1.29 is 0 Å². The van der Waals surface area contributed by atoms with Crippen molar-refractivity contribution in [3.05, 3.63) is 35.5 Å². The standard InChI is InChI=1S/C17H23N5/c1-13-9-14(2)11-15(10-13)19-16-12-18-21-17(20-16)22-7-5-3-4-6-8-22/h9-12H,3-8H2,1-2H3,(H,19,20,21). The number of aryl methyl sites for hydroxylation is 2. The Morgan fingerprint density at radius 2 is 1.64 bits per heavy atom. The van der Waals surface area contributed by atoms with Gasteiger partial charge in [0.25, 0.3) is 0 Å². The predicted molar refractivity (Wildman–Crippen MR) is 89.7 cm³/mol. The van der Waals surface area contributed by atoms with Gasteiger partial charge >= 0.3 is 0 Å². The summed E-state index contributed by atoms with van der Waals surface area (Å²) in [4.78, 5) is 6.88. The average Bonchev–Trinajstić information content (AvgIpc) is 2.75. The number of nitrogens with zero attached hydrogens (tertiary/aromatic N) is 4. The fraction of sp³-hybridized carbons (Fsp3) is 0.471. The van der Waals surface area contributed by atoms with E-state index in [-0.39, 0.29) is 0 Å². The lowest BCUT2D eigenvalue weighted by atomic mass is 10.1. The molecule has 1 saturated heterocycles. The zero-order valence-corrected chi connectivity index (χ0v) is 13.3. The molecule has 116 valence electrons. The Kier molecular flexibility index (Phi) is 4.51. The van der Waals surface area contributed by atoms with E-state index in [0.717, 1.165) is 30.5 Å². The molecule has 1 fully saturated rings. The lowest BCUT2D eigenvalue weighted by molar-refractivity contribution is 0.726. The Morgan fingerprint density at radius 3 is 2.32 bits per heavy atom. The molecule has 5 nitrogen and oxygen atoms in total. The molecule has 0 unspecified atom stereocenters. The van der Waals surface area contributed by atoms with Crippen LogP contribution in [0.3, 0.4) is 0 Å². The SMILES string of the molecule is Cc1cc(C)cc(Nc2cnnc(N3CCCCCC3)n2)c1. The van der Waals surface area contributed by atoms with Crippen LogP contribution >= 0.6 is 0 Å². The third-order valence-corrected chi connectivity index (χ3v) is 3.93. The first kappa shape index (κ1) is 14.8. The van der Waals surface area contributed by atoms with E-state index in [1.807, 2.05) is 0 Å². The fourth-order valence-corrected chi connectivity index (χ4v) is 2.95. The number of aromatic nitrogens is 3. The largest absolute Gasteiger partial charge is 0.339 e. The van der Waals surface area contributed by atoms with Gasteiger partial charge in [0.15, 0.2) is 5.82 Å². The monoisotopic (exact) mass is 297 g/mol. The van der Waals surface area contributed by atoms with Gasteiger partial charge in [-0.2, -0.15) is 10.1 Å². The van der Waals surface area contributed by atoms with Gasteiger partial charge in [-0.1, -0.05) is 18.9 Å². The third kappa shape index (κ3) is 3.72. The topological polar surface area (TPSA) is 53.9 Å². The highest BCUT2D eigenvalue weighted by Gasteiger charge is 2.13. The van der Waals surface area contributed by atoms with E-state index in [2.05, 4.69) is 57.4 Å². The molecular formula is C17H23N5. The van der Waals surface area contributed by atoms with Gasteiger partial charge in [0, 0.05) is 18.8 Å². The van der Waals surface area contributed by atoms with Crippen molar-refractivity contribution in [2.24, 2.45) is 0 Å². The molecule has 1 aliphatic heterocycles. The van der Waals surface area contributed by atoms with Crippen LogP contribution in [0.2, 0.25) is 0 Å². The van der Waals surface area contributed by atoms with Crippen LogP contribution in [0.15, 0.2) is 24.4 Å². The molecule has 2 heterocycles. The van der Waals surface area contributed by atoms with Crippen LogP contribution in [0.5, 0.6) is 0 Å². The summed E-state index contributed by atoms with van der Waals surface area (Å²) in [5.74, 6) is 1.48. The van der Waals surface area contributed by atoms with Gasteiger partial charge in [-0.3, -0.25) is 0 Å². The van der Waals surface area contributed by atoms with E-state index in [1.165, 1.54) is 36.8 Å². The second kappa shape index (κ2) is 6.73. The molecule has 0 radical (unpaired) electrons. The van der Waals surface area contributed by atoms with Crippen LogP contribution in [0, 0.1) is 13.8 Å². The highest BCUT2D eigenvalue weighted by Crippen LogP contribution is 2.20. The number of hydrogen-bond acceptors (Lipinski definition) is 5. The van der Waals surface area contributed by atoms with Crippen LogP contribution in [0.25, 0.3) is 0 Å². The molecule has 0 aliphatic carbocycles. The molecule has 0 saturated carbocycles. The smallest absolute Gasteiger partial charge is 0.247 e. The van der Waals surface area contributed by atoms with Gasteiger partial charge in [0.05, 0.1) is 6.20 Å². The normalized spacial score (nSPS) is 15.5. The van der Waals surface area contributed by atoms with E-state index >= 15 is 0 Å². The molecule has 0 bridgehead atoms. The number of rotatable bonds is 3. The highest BCUT2D eigenvalue weighted by molar-refractivity contribution is 5.58. The Labute approximate surface area is 131 Å². The summed E-state index contributed by atoms with van der Waals surface area (Å²) in [6.07, 6.45) is 6.68. The van der Waals surface area contributed by atoms with E-state index in [1.54, 1.807) is 6.20 Å². The Morgan fingerprint density at radius 1 is 0.955 bits per heavy atom. The maximum atomic E-state index is 4.63. The minimum atomic E-state index is 0.733. The van der Waals surface area contributed by atoms with Gasteiger partial charge < -0.3 is 10.2 Å². The first-order valence-corrected chi connectivity index (χ1v) is 8.01. The Bertz CT molecular complexity index is 612. The van der Waals surface area contributed by atoms with Crippen LogP contribution < -0.4 is 10.2 Å². The van der Waals surface area contributed by atoms with Gasteiger partial charge in [0.2, 0.25) is 5.95 Å². The molecule has 3 rings (SSSR count). The van der Waals surface area contributed by atoms with E-state index in [9.17, 15) is 0 Å². The quantitative estimate of drug-likeness (QED) is 0.938. The van der Waals surface area contributed by atoms with Crippen molar-refractivity contribution in [3.8, 4) is 0 Å². The van der Waals surface area contributed by atoms with E-state index in [0.29, 0.717) is 0 Å². The minimum Gasteiger partial charge on any atom is -0.339 e. The second-order valence-corrected chi connectivity index (χ2v) is 6.04. The summed E-state index contributed by atoms with van der Waals surface area (Å²) in [5.41, 5.74) is 3.51. The molecule has 2 aromatic rings. The molecule has 1 aliphatic rings. The molecule has 22 heavy (non-hydrogen) atoms. The molecule has 0 atom stereocenters. The fourth-order valence-electron chi connectivity index (χ4n) is 2.95. The van der Waals surface area contributed by atoms with Crippen molar-refractivity contribution in [2.45, 2.75) is 39.5 Å². The van der Waals surface area contributed by atoms with Gasteiger partial charge in [-0.05, 0) is 49.9 Å². The minimum absolute atomic E-state index is 0.733. The third-order valence-electron chi connectivity index (χ3n) is 3.93. The van der Waals surface area contributed by atoms with Crippen molar-refractivity contribution in [1.29, 1.82) is 0 Å². The maximum Gasteiger partial charge on any atom is 0.247 e. The van der Waals surface area contributed by atoms with Crippen LogP contribution in [-0.4, -0.2) is 28.3 Å². The zero-order chi connectivity index (χ0) is 15.4. The van der Waals surface area contributed by atoms with E-state index in [4.69, 9.17) is 0 Å². The predicted octanol–water partition coefficient (Wildman–Crippen LogP) is 3.61. The molecule has 1 aromatic heterocycles. The van der Waals surface area contributed by atoms with Gasteiger partial charge in [-0.15, -0.1) is 5.10 Å². The number of hydrogen-bond donors (Lipinski definition) is 1. The van der Waals surface area contributed by atoms with Crippen molar-refractivity contribution in [2.75, 3.05) is 23.3 Å². The number of anilines is 3. The van der Waals surface area contributed by atoms with Crippen molar-refractivity contribution >= 4 is 17.5 Å². The average molecular weight is 297 g/mol. The summed E-state index contributed by atoms with van der Waals surface area (Å²) < 4.78 is 0. The summed E-state index contributed by atoms with van der Waals surface area (Å²) >= 11 is 0. The van der Waals surface area contributed by atoms with Gasteiger partial charge in [0.1, 0.15) is 0 Å². The second-order valence-electron chi connectivity index (χ2n) is 6.04. The molecule has 1 aromatic carbocycles. The van der Waals surface area contributed by atoms with Crippen molar-refractivity contribution in [3.63, 3.8) is 0 Å². The van der Waals surface area contributed by atoms with Crippen molar-refractivity contribution in [1.82, 2.24) is 15.2 Å². The summed E-state index contributed by atoms with van der Waals surface area (Å²) in [7, 11) is 0. The Hall–Kier alpha value is -2.17. The number of benzene rings is 1. The summed E-state index contributed by atoms with van der Waals surface area (Å²) in [6, 6.07) is 6.38. The van der Waals surface area contributed by atoms with Crippen LogP contribution in [-0.2, 0) is 0 Å². The molecular weight excluding hydrogens is 274 g/mol. The lowest BCUT2D eigenvalue weighted by Crippen LogP contribution is -2.26. The Balaban J connectivity index is 1.78. The highest BCUT2D eigenvalue weighted by atomic mass is 15.3. The zero-order valence-electron chi connectivity index (χ0n) is 13.3. The lowest BCUT2D eigenvalue weighted by Gasteiger charge is -2.19. The number of nitrogens with one attached hydrogen (secondary N) is 1.